The van der Waals surface area contributed by atoms with Gasteiger partial charge in [0.15, 0.2) is 0 Å². The molecule has 0 radical (unpaired) electrons. The summed E-state index contributed by atoms with van der Waals surface area (Å²) >= 11 is 5.66. The summed E-state index contributed by atoms with van der Waals surface area (Å²) in [6.07, 6.45) is 6.85. The summed E-state index contributed by atoms with van der Waals surface area (Å²) in [4.78, 5) is 14.1. The summed E-state index contributed by atoms with van der Waals surface area (Å²) in [6.45, 7) is 3.70. The molecule has 1 aliphatic rings. The van der Waals surface area contributed by atoms with Crippen molar-refractivity contribution in [3.05, 3.63) is 0 Å². The van der Waals surface area contributed by atoms with Crippen molar-refractivity contribution >= 4 is 17.5 Å². The molecule has 88 valence electrons. The molecular formula is C12H22ClNO. The van der Waals surface area contributed by atoms with Gasteiger partial charge in [-0.25, -0.2) is 0 Å². The molecule has 0 spiro atoms. The molecule has 1 rings (SSSR count). The van der Waals surface area contributed by atoms with E-state index in [0.29, 0.717) is 17.7 Å². The predicted octanol–water partition coefficient (Wildman–Crippen LogP) is 3.04. The van der Waals surface area contributed by atoms with Crippen molar-refractivity contribution in [3.8, 4) is 0 Å². The molecule has 0 saturated heterocycles. The van der Waals surface area contributed by atoms with E-state index in [0.717, 1.165) is 32.4 Å². The molecule has 0 bridgehead atoms. The van der Waals surface area contributed by atoms with Gasteiger partial charge < -0.3 is 4.90 Å². The molecule has 0 heterocycles. The highest BCUT2D eigenvalue weighted by molar-refractivity contribution is 6.17. The molecule has 0 aromatic rings. The monoisotopic (exact) mass is 231 g/mol. The summed E-state index contributed by atoms with van der Waals surface area (Å²) in [5, 5.41) is 0. The Morgan fingerprint density at radius 3 is 2.53 bits per heavy atom. The molecule has 2 nitrogen and oxygen atoms in total. The summed E-state index contributed by atoms with van der Waals surface area (Å²) in [5.41, 5.74) is 0. The normalized spacial score (nSPS) is 17.7. The Labute approximate surface area is 98.0 Å². The van der Waals surface area contributed by atoms with Crippen LogP contribution in [0.5, 0.6) is 0 Å². The second-order valence-corrected chi connectivity index (χ2v) is 4.67. The fourth-order valence-corrected chi connectivity index (χ4v) is 2.40. The van der Waals surface area contributed by atoms with Crippen LogP contribution in [0, 0.1) is 5.92 Å². The van der Waals surface area contributed by atoms with Crippen LogP contribution in [0.2, 0.25) is 0 Å². The van der Waals surface area contributed by atoms with E-state index < -0.39 is 0 Å². The molecule has 3 heteroatoms. The lowest BCUT2D eigenvalue weighted by atomic mass is 9.88. The predicted molar refractivity (Wildman–Crippen MR) is 64.2 cm³/mol. The lowest BCUT2D eigenvalue weighted by Gasteiger charge is -2.28. The van der Waals surface area contributed by atoms with Gasteiger partial charge in [-0.3, -0.25) is 4.79 Å². The first-order chi connectivity index (χ1) is 7.29. The topological polar surface area (TPSA) is 20.3 Å². The zero-order valence-electron chi connectivity index (χ0n) is 9.67. The van der Waals surface area contributed by atoms with Crippen LogP contribution in [0.25, 0.3) is 0 Å². The Bertz CT molecular complexity index is 190. The van der Waals surface area contributed by atoms with Crippen LogP contribution in [0.4, 0.5) is 0 Å². The summed E-state index contributed by atoms with van der Waals surface area (Å²) in [6, 6.07) is 0. The van der Waals surface area contributed by atoms with Crippen molar-refractivity contribution < 1.29 is 4.79 Å². The highest BCUT2D eigenvalue weighted by Gasteiger charge is 2.24. The van der Waals surface area contributed by atoms with Crippen LogP contribution in [-0.4, -0.2) is 29.8 Å². The maximum absolute atomic E-state index is 12.1. The van der Waals surface area contributed by atoms with E-state index in [4.69, 9.17) is 11.6 Å². The van der Waals surface area contributed by atoms with Crippen molar-refractivity contribution in [2.45, 2.75) is 45.4 Å². The fraction of sp³-hybridized carbons (Fsp3) is 0.917. The van der Waals surface area contributed by atoms with Gasteiger partial charge in [-0.2, -0.15) is 0 Å². The largest absolute Gasteiger partial charge is 0.343 e. The van der Waals surface area contributed by atoms with E-state index in [2.05, 4.69) is 6.92 Å². The standard InChI is InChI=1S/C12H22ClNO/c1-2-14(10-6-9-13)12(15)11-7-4-3-5-8-11/h11H,2-10H2,1H3. The molecule has 0 aromatic carbocycles. The lowest BCUT2D eigenvalue weighted by molar-refractivity contribution is -0.136. The SMILES string of the molecule is CCN(CCCCl)C(=O)C1CCCCC1. The molecule has 0 unspecified atom stereocenters. The van der Waals surface area contributed by atoms with Crippen LogP contribution < -0.4 is 0 Å². The quantitative estimate of drug-likeness (QED) is 0.666. The average molecular weight is 232 g/mol. The first-order valence-corrected chi connectivity index (χ1v) is 6.67. The van der Waals surface area contributed by atoms with Gasteiger partial charge in [-0.1, -0.05) is 19.3 Å². The van der Waals surface area contributed by atoms with Gasteiger partial charge in [0.1, 0.15) is 0 Å². The lowest BCUT2D eigenvalue weighted by Crippen LogP contribution is -2.37. The molecule has 1 amide bonds. The fourth-order valence-electron chi connectivity index (χ4n) is 2.28. The molecule has 0 atom stereocenters. The third-order valence-electron chi connectivity index (χ3n) is 3.21. The molecular weight excluding hydrogens is 210 g/mol. The molecule has 1 fully saturated rings. The van der Waals surface area contributed by atoms with E-state index in [1.165, 1.54) is 19.3 Å². The number of alkyl halides is 1. The Hall–Kier alpha value is -0.240. The van der Waals surface area contributed by atoms with Gasteiger partial charge in [0.25, 0.3) is 0 Å². The van der Waals surface area contributed by atoms with Crippen LogP contribution in [0.1, 0.15) is 45.4 Å². The van der Waals surface area contributed by atoms with Crippen LogP contribution in [-0.2, 0) is 4.79 Å². The number of carbonyl (C=O) groups is 1. The number of nitrogens with zero attached hydrogens (tertiary/aromatic N) is 1. The third kappa shape index (κ3) is 4.02. The van der Waals surface area contributed by atoms with Crippen molar-refractivity contribution in [1.29, 1.82) is 0 Å². The van der Waals surface area contributed by atoms with Gasteiger partial charge in [-0.15, -0.1) is 11.6 Å². The van der Waals surface area contributed by atoms with E-state index in [-0.39, 0.29) is 0 Å². The maximum atomic E-state index is 12.1. The summed E-state index contributed by atoms with van der Waals surface area (Å²) in [7, 11) is 0. The molecule has 1 saturated carbocycles. The van der Waals surface area contributed by atoms with Gasteiger partial charge in [0, 0.05) is 24.9 Å². The van der Waals surface area contributed by atoms with E-state index >= 15 is 0 Å². The average Bonchev–Trinajstić information content (AvgIpc) is 2.31. The summed E-state index contributed by atoms with van der Waals surface area (Å²) < 4.78 is 0. The third-order valence-corrected chi connectivity index (χ3v) is 3.48. The van der Waals surface area contributed by atoms with Crippen molar-refractivity contribution in [2.75, 3.05) is 19.0 Å². The van der Waals surface area contributed by atoms with E-state index in [9.17, 15) is 4.79 Å². The first kappa shape index (κ1) is 12.8. The summed E-state index contributed by atoms with van der Waals surface area (Å²) in [5.74, 6) is 1.31. The molecule has 1 aliphatic carbocycles. The number of amides is 1. The van der Waals surface area contributed by atoms with Crippen LogP contribution >= 0.6 is 11.6 Å². The number of hydrogen-bond acceptors (Lipinski definition) is 1. The number of rotatable bonds is 5. The Morgan fingerprint density at radius 1 is 1.33 bits per heavy atom. The minimum absolute atomic E-state index is 0.300. The zero-order chi connectivity index (χ0) is 11.1. The second kappa shape index (κ2) is 7.10. The number of halogens is 1. The van der Waals surface area contributed by atoms with Gasteiger partial charge >= 0.3 is 0 Å². The van der Waals surface area contributed by atoms with Crippen molar-refractivity contribution in [3.63, 3.8) is 0 Å². The Kier molecular flexibility index (Phi) is 6.07. The number of carbonyl (C=O) groups excluding carboxylic acids is 1. The molecule has 15 heavy (non-hydrogen) atoms. The first-order valence-electron chi connectivity index (χ1n) is 6.14. The number of hydrogen-bond donors (Lipinski definition) is 0. The van der Waals surface area contributed by atoms with E-state index in [1.54, 1.807) is 0 Å². The second-order valence-electron chi connectivity index (χ2n) is 4.30. The van der Waals surface area contributed by atoms with Gasteiger partial charge in [0.2, 0.25) is 5.91 Å². The van der Waals surface area contributed by atoms with Crippen LogP contribution in [0.3, 0.4) is 0 Å². The molecule has 0 aliphatic heterocycles. The minimum Gasteiger partial charge on any atom is -0.343 e. The smallest absolute Gasteiger partial charge is 0.225 e. The van der Waals surface area contributed by atoms with Crippen LogP contribution in [0.15, 0.2) is 0 Å². The molecule has 0 aromatic heterocycles. The highest BCUT2D eigenvalue weighted by Crippen LogP contribution is 2.25. The Morgan fingerprint density at radius 2 is 2.00 bits per heavy atom. The van der Waals surface area contributed by atoms with E-state index in [1.807, 2.05) is 4.90 Å². The minimum atomic E-state index is 0.300. The Balaban J connectivity index is 2.40. The van der Waals surface area contributed by atoms with Crippen molar-refractivity contribution in [1.82, 2.24) is 4.90 Å². The molecule has 0 N–H and O–H groups in total. The zero-order valence-corrected chi connectivity index (χ0v) is 10.4. The van der Waals surface area contributed by atoms with Gasteiger partial charge in [-0.05, 0) is 26.2 Å². The maximum Gasteiger partial charge on any atom is 0.225 e. The highest BCUT2D eigenvalue weighted by atomic mass is 35.5. The van der Waals surface area contributed by atoms with Crippen molar-refractivity contribution in [2.24, 2.45) is 5.92 Å². The van der Waals surface area contributed by atoms with Gasteiger partial charge in [0.05, 0.1) is 0 Å².